The maximum Gasteiger partial charge on any atom is 0.216 e. The Balaban J connectivity index is 1.70. The molecule has 2 rings (SSSR count). The molecule has 0 unspecified atom stereocenters. The molecule has 1 heterocycles. The molecule has 0 saturated carbocycles. The van der Waals surface area contributed by atoms with Crippen molar-refractivity contribution in [2.24, 2.45) is 0 Å². The van der Waals surface area contributed by atoms with Crippen molar-refractivity contribution in [1.29, 1.82) is 0 Å². The van der Waals surface area contributed by atoms with Gasteiger partial charge in [-0.15, -0.1) is 0 Å². The molecular formula is C12H11N2O2. The Morgan fingerprint density at radius 1 is 1.06 bits per heavy atom. The van der Waals surface area contributed by atoms with Crippen molar-refractivity contribution in [3.8, 4) is 11.6 Å². The van der Waals surface area contributed by atoms with Gasteiger partial charge in [0.05, 0.1) is 0 Å². The molecule has 0 saturated heterocycles. The first-order chi connectivity index (χ1) is 7.95. The van der Waals surface area contributed by atoms with Gasteiger partial charge in [0, 0.05) is 12.3 Å². The number of benzene rings is 1. The molecule has 0 spiro atoms. The lowest BCUT2D eigenvalue weighted by Gasteiger charge is -2.06. The van der Waals surface area contributed by atoms with Crippen LogP contribution in [-0.2, 0) is 0 Å². The van der Waals surface area contributed by atoms with E-state index >= 15 is 0 Å². The van der Waals surface area contributed by atoms with Gasteiger partial charge in [-0.1, -0.05) is 12.1 Å². The van der Waals surface area contributed by atoms with Gasteiger partial charge in [-0.3, -0.25) is 0 Å². The molecule has 2 aromatic rings. The van der Waals surface area contributed by atoms with Gasteiger partial charge in [-0.05, 0) is 18.2 Å². The highest BCUT2D eigenvalue weighted by Gasteiger charge is 1.94. The summed E-state index contributed by atoms with van der Waals surface area (Å²) in [5, 5.41) is 0. The second kappa shape index (κ2) is 5.70. The van der Waals surface area contributed by atoms with Gasteiger partial charge >= 0.3 is 0 Å². The Bertz CT molecular complexity index is 364. The van der Waals surface area contributed by atoms with E-state index in [0.29, 0.717) is 19.1 Å². The van der Waals surface area contributed by atoms with Gasteiger partial charge in [-0.25, -0.2) is 9.97 Å². The molecule has 16 heavy (non-hydrogen) atoms. The summed E-state index contributed by atoms with van der Waals surface area (Å²) in [4.78, 5) is 7.72. The quantitative estimate of drug-likeness (QED) is 0.712. The molecule has 0 bridgehead atoms. The lowest BCUT2D eigenvalue weighted by atomic mass is 10.3. The van der Waals surface area contributed by atoms with Crippen molar-refractivity contribution >= 4 is 0 Å². The summed E-state index contributed by atoms with van der Waals surface area (Å²) in [7, 11) is 0. The van der Waals surface area contributed by atoms with Crippen molar-refractivity contribution in [3.63, 3.8) is 0 Å². The second-order valence-corrected chi connectivity index (χ2v) is 2.98. The Morgan fingerprint density at radius 2 is 1.88 bits per heavy atom. The Kier molecular flexibility index (Phi) is 3.71. The third-order valence-corrected chi connectivity index (χ3v) is 1.84. The minimum Gasteiger partial charge on any atom is -0.490 e. The molecule has 4 heteroatoms. The lowest BCUT2D eigenvalue weighted by Crippen LogP contribution is -2.09. The van der Waals surface area contributed by atoms with Crippen LogP contribution in [0.25, 0.3) is 0 Å². The zero-order valence-corrected chi connectivity index (χ0v) is 8.67. The monoisotopic (exact) mass is 215 g/mol. The number of nitrogens with zero attached hydrogens (tertiary/aromatic N) is 2. The first-order valence-corrected chi connectivity index (χ1v) is 4.93. The van der Waals surface area contributed by atoms with Gasteiger partial charge in [0.15, 0.2) is 0 Å². The topological polar surface area (TPSA) is 44.2 Å². The average molecular weight is 215 g/mol. The molecule has 81 valence electrons. The molecule has 0 N–H and O–H groups in total. The van der Waals surface area contributed by atoms with E-state index in [9.17, 15) is 0 Å². The normalized spacial score (nSPS) is 9.75. The molecule has 0 fully saturated rings. The molecule has 0 aliphatic carbocycles. The van der Waals surface area contributed by atoms with Crippen LogP contribution in [0.5, 0.6) is 11.6 Å². The largest absolute Gasteiger partial charge is 0.490 e. The summed E-state index contributed by atoms with van der Waals surface area (Å²) in [5.74, 6) is 1.37. The molecular weight excluding hydrogens is 204 g/mol. The Morgan fingerprint density at radius 3 is 2.62 bits per heavy atom. The smallest absolute Gasteiger partial charge is 0.216 e. The molecule has 1 aromatic carbocycles. The van der Waals surface area contributed by atoms with Gasteiger partial charge < -0.3 is 9.47 Å². The highest BCUT2D eigenvalue weighted by Crippen LogP contribution is 2.07. The first kappa shape index (κ1) is 10.4. The molecule has 1 radical (unpaired) electrons. The van der Waals surface area contributed by atoms with Crippen LogP contribution in [0, 0.1) is 6.07 Å². The van der Waals surface area contributed by atoms with E-state index in [-0.39, 0.29) is 0 Å². The van der Waals surface area contributed by atoms with Gasteiger partial charge in [-0.2, -0.15) is 0 Å². The highest BCUT2D eigenvalue weighted by atomic mass is 16.5. The van der Waals surface area contributed by atoms with Crippen molar-refractivity contribution < 1.29 is 9.47 Å². The molecule has 1 aromatic heterocycles. The maximum absolute atomic E-state index is 5.44. The number of hydrogen-bond acceptors (Lipinski definition) is 4. The van der Waals surface area contributed by atoms with Crippen LogP contribution in [0.1, 0.15) is 0 Å². The van der Waals surface area contributed by atoms with E-state index in [2.05, 4.69) is 16.0 Å². The minimum atomic E-state index is 0.454. The van der Waals surface area contributed by atoms with Crippen LogP contribution >= 0.6 is 0 Å². The first-order valence-electron chi connectivity index (χ1n) is 4.93. The fourth-order valence-electron chi connectivity index (χ4n) is 1.14. The van der Waals surface area contributed by atoms with Gasteiger partial charge in [0.2, 0.25) is 5.88 Å². The van der Waals surface area contributed by atoms with Gasteiger partial charge in [0.1, 0.15) is 25.3 Å². The number of ether oxygens (including phenoxy) is 2. The zero-order chi connectivity index (χ0) is 11.1. The van der Waals surface area contributed by atoms with E-state index in [0.717, 1.165) is 5.75 Å². The van der Waals surface area contributed by atoms with E-state index < -0.39 is 0 Å². The third kappa shape index (κ3) is 3.24. The van der Waals surface area contributed by atoms with Crippen LogP contribution in [0.15, 0.2) is 42.9 Å². The third-order valence-electron chi connectivity index (χ3n) is 1.84. The number of aromatic nitrogens is 2. The fraction of sp³-hybridized carbons (Fsp3) is 0.167. The lowest BCUT2D eigenvalue weighted by molar-refractivity contribution is 0.211. The Hall–Kier alpha value is -2.10. The van der Waals surface area contributed by atoms with Crippen molar-refractivity contribution in [3.05, 3.63) is 48.9 Å². The van der Waals surface area contributed by atoms with E-state index in [1.807, 2.05) is 12.1 Å². The predicted molar refractivity (Wildman–Crippen MR) is 58.3 cm³/mol. The van der Waals surface area contributed by atoms with Crippen molar-refractivity contribution in [2.45, 2.75) is 0 Å². The van der Waals surface area contributed by atoms with Crippen LogP contribution in [-0.4, -0.2) is 23.2 Å². The van der Waals surface area contributed by atoms with Crippen molar-refractivity contribution in [2.75, 3.05) is 13.2 Å². The Labute approximate surface area is 93.9 Å². The summed E-state index contributed by atoms with van der Waals surface area (Å²) in [6, 6.07) is 11.9. The minimum absolute atomic E-state index is 0.454. The summed E-state index contributed by atoms with van der Waals surface area (Å²) < 4.78 is 10.8. The number of rotatable bonds is 5. The SMILES string of the molecule is [c]1ccc(OCCOc2ccncn2)cc1. The van der Waals surface area contributed by atoms with Crippen LogP contribution in [0.3, 0.4) is 0 Å². The summed E-state index contributed by atoms with van der Waals surface area (Å²) >= 11 is 0. The average Bonchev–Trinajstić information content (AvgIpc) is 2.37. The summed E-state index contributed by atoms with van der Waals surface area (Å²) in [5.41, 5.74) is 0. The summed E-state index contributed by atoms with van der Waals surface area (Å²) in [6.07, 6.45) is 3.08. The number of hydrogen-bond donors (Lipinski definition) is 0. The van der Waals surface area contributed by atoms with E-state index in [4.69, 9.17) is 9.47 Å². The molecule has 0 aliphatic rings. The molecule has 4 nitrogen and oxygen atoms in total. The maximum atomic E-state index is 5.44. The van der Waals surface area contributed by atoms with Crippen molar-refractivity contribution in [1.82, 2.24) is 9.97 Å². The standard InChI is InChI=1S/C12H11N2O2/c1-2-4-11(5-3-1)15-8-9-16-12-6-7-13-10-14-12/h2-7,10H,8-9H2. The predicted octanol–water partition coefficient (Wildman–Crippen LogP) is 1.73. The summed E-state index contributed by atoms with van der Waals surface area (Å²) in [6.45, 7) is 0.934. The van der Waals surface area contributed by atoms with Crippen LogP contribution < -0.4 is 9.47 Å². The van der Waals surface area contributed by atoms with Crippen LogP contribution in [0.4, 0.5) is 0 Å². The second-order valence-electron chi connectivity index (χ2n) is 2.98. The van der Waals surface area contributed by atoms with E-state index in [1.165, 1.54) is 6.33 Å². The molecule has 0 aliphatic heterocycles. The highest BCUT2D eigenvalue weighted by molar-refractivity contribution is 5.20. The molecule has 0 atom stereocenters. The van der Waals surface area contributed by atoms with Gasteiger partial charge in [0.25, 0.3) is 0 Å². The van der Waals surface area contributed by atoms with E-state index in [1.54, 1.807) is 24.4 Å². The van der Waals surface area contributed by atoms with Crippen LogP contribution in [0.2, 0.25) is 0 Å². The fourth-order valence-corrected chi connectivity index (χ4v) is 1.14. The molecule has 0 amide bonds. The zero-order valence-electron chi connectivity index (χ0n) is 8.67.